The quantitative estimate of drug-likeness (QED) is 0.734. The van der Waals surface area contributed by atoms with Crippen molar-refractivity contribution in [3.05, 3.63) is 48.0 Å². The van der Waals surface area contributed by atoms with Crippen molar-refractivity contribution in [3.63, 3.8) is 0 Å². The molecule has 0 bridgehead atoms. The van der Waals surface area contributed by atoms with Crippen molar-refractivity contribution < 1.29 is 19.0 Å². The number of benzene rings is 2. The maximum atomic E-state index is 12.4. The van der Waals surface area contributed by atoms with Gasteiger partial charge in [0.15, 0.2) is 11.5 Å². The van der Waals surface area contributed by atoms with Crippen LogP contribution >= 0.6 is 0 Å². The van der Waals surface area contributed by atoms with Gasteiger partial charge >= 0.3 is 0 Å². The third kappa shape index (κ3) is 4.65. The predicted octanol–water partition coefficient (Wildman–Crippen LogP) is 4.45. The predicted molar refractivity (Wildman–Crippen MR) is 114 cm³/mol. The van der Waals surface area contributed by atoms with Gasteiger partial charge in [0.05, 0.1) is 6.10 Å². The summed E-state index contributed by atoms with van der Waals surface area (Å²) in [7, 11) is 4.01. The Hall–Kier alpha value is -3.15. The lowest BCUT2D eigenvalue weighted by molar-refractivity contribution is -0.111. The number of hydrogen-bond acceptors (Lipinski definition) is 5. The smallest absolute Gasteiger partial charge is 0.248 e. The second-order valence-electron chi connectivity index (χ2n) is 7.53. The largest absolute Gasteiger partial charge is 0.490 e. The highest BCUT2D eigenvalue weighted by Crippen LogP contribution is 2.34. The fourth-order valence-electron chi connectivity index (χ4n) is 3.55. The van der Waals surface area contributed by atoms with Gasteiger partial charge < -0.3 is 24.4 Å². The molecule has 0 aromatic heterocycles. The second kappa shape index (κ2) is 8.47. The molecule has 2 aliphatic rings. The van der Waals surface area contributed by atoms with Crippen molar-refractivity contribution in [2.45, 2.75) is 31.8 Å². The third-order valence-corrected chi connectivity index (χ3v) is 5.16. The lowest BCUT2D eigenvalue weighted by atomic mass is 10.1. The molecule has 152 valence electrons. The van der Waals surface area contributed by atoms with Gasteiger partial charge in [-0.25, -0.2) is 0 Å². The van der Waals surface area contributed by atoms with Gasteiger partial charge in [0.25, 0.3) is 0 Å². The Morgan fingerprint density at radius 3 is 2.69 bits per heavy atom. The molecule has 1 saturated carbocycles. The molecule has 6 nitrogen and oxygen atoms in total. The molecule has 29 heavy (non-hydrogen) atoms. The van der Waals surface area contributed by atoms with Crippen molar-refractivity contribution in [2.75, 3.05) is 31.1 Å². The normalized spacial score (nSPS) is 15.7. The Morgan fingerprint density at radius 1 is 1.10 bits per heavy atom. The van der Waals surface area contributed by atoms with Gasteiger partial charge in [-0.05, 0) is 56.0 Å². The zero-order valence-electron chi connectivity index (χ0n) is 16.8. The summed E-state index contributed by atoms with van der Waals surface area (Å²) < 4.78 is 16.9. The molecule has 1 amide bonds. The van der Waals surface area contributed by atoms with E-state index in [0.717, 1.165) is 29.8 Å². The monoisotopic (exact) mass is 394 g/mol. The molecule has 2 aromatic carbocycles. The Morgan fingerprint density at radius 2 is 1.90 bits per heavy atom. The van der Waals surface area contributed by atoms with Gasteiger partial charge in [-0.15, -0.1) is 0 Å². The maximum Gasteiger partial charge on any atom is 0.248 e. The number of ether oxygens (including phenoxy) is 3. The average molecular weight is 394 g/mol. The molecule has 6 heteroatoms. The van der Waals surface area contributed by atoms with Gasteiger partial charge in [-0.1, -0.05) is 0 Å². The standard InChI is InChI=1S/C23H26N2O4/c1-25(2)18-10-7-16(21(14-18)29-19-5-3-4-6-19)8-12-23(26)24-17-9-11-20-22(13-17)28-15-27-20/h7-14,19H,3-6,15H2,1-2H3,(H,24,26)/b12-8-. The Labute approximate surface area is 171 Å². The number of rotatable bonds is 6. The molecule has 0 atom stereocenters. The summed E-state index contributed by atoms with van der Waals surface area (Å²) in [5.41, 5.74) is 2.62. The maximum absolute atomic E-state index is 12.4. The molecule has 0 saturated heterocycles. The number of carbonyl (C=O) groups is 1. The molecule has 1 aliphatic heterocycles. The SMILES string of the molecule is CN(C)c1ccc(/C=C\C(=O)Nc2ccc3c(c2)OCO3)c(OC2CCCC2)c1. The molecule has 1 fully saturated rings. The molecular formula is C23H26N2O4. The highest BCUT2D eigenvalue weighted by Gasteiger charge is 2.18. The van der Waals surface area contributed by atoms with Crippen LogP contribution < -0.4 is 24.4 Å². The molecule has 1 aliphatic carbocycles. The molecular weight excluding hydrogens is 368 g/mol. The van der Waals surface area contributed by atoms with Crippen molar-refractivity contribution in [1.29, 1.82) is 0 Å². The van der Waals surface area contributed by atoms with Gasteiger partial charge in [-0.3, -0.25) is 4.79 Å². The van der Waals surface area contributed by atoms with Crippen LogP contribution in [0.3, 0.4) is 0 Å². The molecule has 0 spiro atoms. The highest BCUT2D eigenvalue weighted by molar-refractivity contribution is 6.02. The second-order valence-corrected chi connectivity index (χ2v) is 7.53. The lowest BCUT2D eigenvalue weighted by Crippen LogP contribution is -2.13. The van der Waals surface area contributed by atoms with Crippen LogP contribution in [0, 0.1) is 0 Å². The van der Waals surface area contributed by atoms with E-state index in [1.807, 2.05) is 37.2 Å². The van der Waals surface area contributed by atoms with Crippen LogP contribution in [0.25, 0.3) is 6.08 Å². The first-order valence-corrected chi connectivity index (χ1v) is 9.95. The van der Waals surface area contributed by atoms with E-state index < -0.39 is 0 Å². The zero-order valence-corrected chi connectivity index (χ0v) is 16.8. The lowest BCUT2D eigenvalue weighted by Gasteiger charge is -2.19. The molecule has 2 aromatic rings. The molecule has 0 unspecified atom stereocenters. The summed E-state index contributed by atoms with van der Waals surface area (Å²) in [5.74, 6) is 1.93. The minimum atomic E-state index is -0.215. The number of fused-ring (bicyclic) bond motifs is 1. The van der Waals surface area contributed by atoms with E-state index in [2.05, 4.69) is 5.32 Å². The number of hydrogen-bond donors (Lipinski definition) is 1. The summed E-state index contributed by atoms with van der Waals surface area (Å²) in [4.78, 5) is 14.4. The number of amides is 1. The molecule has 1 N–H and O–H groups in total. The van der Waals surface area contributed by atoms with E-state index in [9.17, 15) is 4.79 Å². The van der Waals surface area contributed by atoms with Crippen LogP contribution in [0.5, 0.6) is 17.2 Å². The van der Waals surface area contributed by atoms with Crippen LogP contribution in [-0.2, 0) is 4.79 Å². The number of nitrogens with zero attached hydrogens (tertiary/aromatic N) is 1. The highest BCUT2D eigenvalue weighted by atomic mass is 16.7. The van der Waals surface area contributed by atoms with Crippen molar-refractivity contribution in [1.82, 2.24) is 0 Å². The van der Waals surface area contributed by atoms with Crippen LogP contribution in [0.2, 0.25) is 0 Å². The van der Waals surface area contributed by atoms with Crippen LogP contribution in [0.4, 0.5) is 11.4 Å². The molecule has 1 heterocycles. The number of nitrogens with one attached hydrogen (secondary N) is 1. The van der Waals surface area contributed by atoms with Gasteiger partial charge in [-0.2, -0.15) is 0 Å². The van der Waals surface area contributed by atoms with E-state index in [0.29, 0.717) is 17.2 Å². The first-order chi connectivity index (χ1) is 14.1. The first-order valence-electron chi connectivity index (χ1n) is 9.95. The topological polar surface area (TPSA) is 60.0 Å². The summed E-state index contributed by atoms with van der Waals surface area (Å²) in [6, 6.07) is 11.4. The number of carbonyl (C=O) groups excluding carboxylic acids is 1. The minimum Gasteiger partial charge on any atom is -0.490 e. The third-order valence-electron chi connectivity index (χ3n) is 5.16. The first kappa shape index (κ1) is 19.2. The van der Waals surface area contributed by atoms with E-state index in [1.54, 1.807) is 24.3 Å². The van der Waals surface area contributed by atoms with Crippen molar-refractivity contribution >= 4 is 23.4 Å². The van der Waals surface area contributed by atoms with Crippen LogP contribution in [-0.4, -0.2) is 32.9 Å². The van der Waals surface area contributed by atoms with Crippen molar-refractivity contribution in [2.24, 2.45) is 0 Å². The average Bonchev–Trinajstić information content (AvgIpc) is 3.38. The van der Waals surface area contributed by atoms with Gasteiger partial charge in [0.1, 0.15) is 5.75 Å². The Bertz CT molecular complexity index is 917. The summed E-state index contributed by atoms with van der Waals surface area (Å²) >= 11 is 0. The van der Waals surface area contributed by atoms with E-state index >= 15 is 0 Å². The van der Waals surface area contributed by atoms with Crippen LogP contribution in [0.1, 0.15) is 31.2 Å². The fraction of sp³-hybridized carbons (Fsp3) is 0.348. The van der Waals surface area contributed by atoms with E-state index in [1.165, 1.54) is 18.9 Å². The molecule has 0 radical (unpaired) electrons. The summed E-state index contributed by atoms with van der Waals surface area (Å²) in [6.45, 7) is 0.208. The summed E-state index contributed by atoms with van der Waals surface area (Å²) in [5, 5.41) is 2.85. The summed E-state index contributed by atoms with van der Waals surface area (Å²) in [6.07, 6.45) is 8.16. The van der Waals surface area contributed by atoms with Gasteiger partial charge in [0.2, 0.25) is 12.7 Å². The van der Waals surface area contributed by atoms with E-state index in [-0.39, 0.29) is 18.8 Å². The Kier molecular flexibility index (Phi) is 5.60. The number of anilines is 2. The van der Waals surface area contributed by atoms with Crippen LogP contribution in [0.15, 0.2) is 42.5 Å². The molecule has 4 rings (SSSR count). The minimum absolute atomic E-state index is 0.208. The van der Waals surface area contributed by atoms with Crippen molar-refractivity contribution in [3.8, 4) is 17.2 Å². The van der Waals surface area contributed by atoms with E-state index in [4.69, 9.17) is 14.2 Å². The fourth-order valence-corrected chi connectivity index (χ4v) is 3.55. The van der Waals surface area contributed by atoms with Gasteiger partial charge in [0, 0.05) is 49.2 Å². The Balaban J connectivity index is 1.48. The zero-order chi connectivity index (χ0) is 20.2.